The van der Waals surface area contributed by atoms with Gasteiger partial charge in [0, 0.05) is 32.4 Å². The number of hydrogen-bond acceptors (Lipinski definition) is 4. The zero-order chi connectivity index (χ0) is 21.2. The normalized spacial score (nSPS) is 16.7. The highest BCUT2D eigenvalue weighted by molar-refractivity contribution is 7.88. The molecular formula is C18H18Cl2F3N3O2S. The van der Waals surface area contributed by atoms with Crippen LogP contribution >= 0.6 is 23.2 Å². The summed E-state index contributed by atoms with van der Waals surface area (Å²) in [4.78, 5) is 5.68. The highest BCUT2D eigenvalue weighted by Crippen LogP contribution is 2.29. The lowest BCUT2D eigenvalue weighted by Gasteiger charge is -2.23. The first kappa shape index (κ1) is 22.1. The lowest BCUT2D eigenvalue weighted by atomic mass is 10.2. The quantitative estimate of drug-likeness (QED) is 0.666. The van der Waals surface area contributed by atoms with Crippen molar-refractivity contribution < 1.29 is 21.6 Å². The molecule has 2 aromatic rings. The maximum absolute atomic E-state index is 12.8. The van der Waals surface area contributed by atoms with E-state index < -0.39 is 21.8 Å². The Morgan fingerprint density at radius 2 is 1.76 bits per heavy atom. The lowest BCUT2D eigenvalue weighted by Crippen LogP contribution is -2.36. The molecule has 1 fully saturated rings. The summed E-state index contributed by atoms with van der Waals surface area (Å²) in [5, 5.41) is 0.636. The van der Waals surface area contributed by atoms with Gasteiger partial charge < -0.3 is 4.90 Å². The lowest BCUT2D eigenvalue weighted by molar-refractivity contribution is -0.137. The van der Waals surface area contributed by atoms with Gasteiger partial charge in [0.05, 0.1) is 21.4 Å². The Labute approximate surface area is 177 Å². The van der Waals surface area contributed by atoms with Crippen LogP contribution in [0.1, 0.15) is 17.5 Å². The van der Waals surface area contributed by atoms with Crippen LogP contribution in [0.15, 0.2) is 36.5 Å². The van der Waals surface area contributed by atoms with Gasteiger partial charge in [-0.3, -0.25) is 0 Å². The van der Waals surface area contributed by atoms with Crippen molar-refractivity contribution in [2.24, 2.45) is 0 Å². The van der Waals surface area contributed by atoms with Gasteiger partial charge in [-0.15, -0.1) is 0 Å². The molecule has 0 amide bonds. The highest BCUT2D eigenvalue weighted by atomic mass is 35.5. The molecule has 0 bridgehead atoms. The molecule has 158 valence electrons. The van der Waals surface area contributed by atoms with Crippen molar-refractivity contribution >= 4 is 39.0 Å². The molecule has 29 heavy (non-hydrogen) atoms. The van der Waals surface area contributed by atoms with E-state index in [-0.39, 0.29) is 17.3 Å². The summed E-state index contributed by atoms with van der Waals surface area (Å²) < 4.78 is 65.1. The molecule has 0 spiro atoms. The molecule has 0 N–H and O–H groups in total. The monoisotopic (exact) mass is 467 g/mol. The van der Waals surface area contributed by atoms with E-state index in [1.54, 1.807) is 17.0 Å². The number of sulfonamides is 1. The molecule has 5 nitrogen and oxygen atoms in total. The first-order valence-electron chi connectivity index (χ1n) is 8.76. The Kier molecular flexibility index (Phi) is 6.62. The van der Waals surface area contributed by atoms with E-state index in [0.29, 0.717) is 42.5 Å². The van der Waals surface area contributed by atoms with Gasteiger partial charge in [0.2, 0.25) is 10.0 Å². The van der Waals surface area contributed by atoms with Crippen LogP contribution in [0.3, 0.4) is 0 Å². The topological polar surface area (TPSA) is 53.5 Å². The smallest absolute Gasteiger partial charge is 0.355 e. The second-order valence-corrected chi connectivity index (χ2v) is 9.43. The third kappa shape index (κ3) is 5.53. The molecular weight excluding hydrogens is 450 g/mol. The van der Waals surface area contributed by atoms with Gasteiger partial charge in [-0.2, -0.15) is 17.5 Å². The molecule has 1 saturated heterocycles. The molecule has 0 atom stereocenters. The van der Waals surface area contributed by atoms with Gasteiger partial charge >= 0.3 is 6.18 Å². The van der Waals surface area contributed by atoms with Gasteiger partial charge in [0.25, 0.3) is 0 Å². The molecule has 2 heterocycles. The fraction of sp³-hybridized carbons (Fsp3) is 0.389. The van der Waals surface area contributed by atoms with Gasteiger partial charge in [0.1, 0.15) is 5.82 Å². The molecule has 0 saturated carbocycles. The molecule has 1 aliphatic rings. The molecule has 11 heteroatoms. The van der Waals surface area contributed by atoms with Gasteiger partial charge in [0.15, 0.2) is 0 Å². The van der Waals surface area contributed by atoms with Crippen LogP contribution in [0.4, 0.5) is 19.0 Å². The summed E-state index contributed by atoms with van der Waals surface area (Å²) in [6.07, 6.45) is -3.12. The average molecular weight is 468 g/mol. The predicted molar refractivity (Wildman–Crippen MR) is 107 cm³/mol. The molecule has 0 radical (unpaired) electrons. The minimum Gasteiger partial charge on any atom is -0.355 e. The van der Waals surface area contributed by atoms with E-state index in [0.717, 1.165) is 12.3 Å². The van der Waals surface area contributed by atoms with Crippen molar-refractivity contribution in [1.82, 2.24) is 9.29 Å². The van der Waals surface area contributed by atoms with Crippen LogP contribution < -0.4 is 4.90 Å². The summed E-state index contributed by atoms with van der Waals surface area (Å²) in [5.41, 5.74) is -0.285. The number of aromatic nitrogens is 1. The Balaban J connectivity index is 1.67. The zero-order valence-electron chi connectivity index (χ0n) is 15.2. The first-order chi connectivity index (χ1) is 13.6. The van der Waals surface area contributed by atoms with E-state index in [9.17, 15) is 21.6 Å². The Morgan fingerprint density at radius 3 is 2.38 bits per heavy atom. The number of benzene rings is 1. The van der Waals surface area contributed by atoms with Crippen LogP contribution in [0, 0.1) is 0 Å². The minimum atomic E-state index is -4.44. The van der Waals surface area contributed by atoms with Crippen LogP contribution in [-0.2, 0) is 22.0 Å². The second kappa shape index (κ2) is 8.67. The Bertz CT molecular complexity index is 969. The predicted octanol–water partition coefficient (Wildman–Crippen LogP) is 4.45. The number of rotatable bonds is 4. The summed E-state index contributed by atoms with van der Waals surface area (Å²) in [7, 11) is -3.59. The third-order valence-corrected chi connectivity index (χ3v) is 7.17. The van der Waals surface area contributed by atoms with Gasteiger partial charge in [-0.1, -0.05) is 29.3 Å². The van der Waals surface area contributed by atoms with Gasteiger partial charge in [-0.25, -0.2) is 13.4 Å². The number of halogens is 5. The molecule has 0 unspecified atom stereocenters. The Hall–Kier alpha value is -1.55. The third-order valence-electron chi connectivity index (χ3n) is 4.58. The number of nitrogens with zero attached hydrogens (tertiary/aromatic N) is 3. The largest absolute Gasteiger partial charge is 0.417 e. The standard InChI is InChI=1S/C18H18Cl2F3N3O2S/c19-15-4-2-13(10-16(15)20)12-29(27,28)26-7-1-6-25(8-9-26)17-5-3-14(11-24-17)18(21,22)23/h2-5,10-11H,1,6-9,12H2. The van der Waals surface area contributed by atoms with Crippen LogP contribution in [0.2, 0.25) is 10.0 Å². The summed E-state index contributed by atoms with van der Waals surface area (Å²) in [6, 6.07) is 6.98. The molecule has 0 aliphatic carbocycles. The maximum atomic E-state index is 12.8. The zero-order valence-corrected chi connectivity index (χ0v) is 17.5. The molecule has 1 aromatic heterocycles. The fourth-order valence-electron chi connectivity index (χ4n) is 3.07. The first-order valence-corrected chi connectivity index (χ1v) is 11.1. The van der Waals surface area contributed by atoms with E-state index in [4.69, 9.17) is 23.2 Å². The SMILES string of the molecule is O=S(=O)(Cc1ccc(Cl)c(Cl)c1)N1CCCN(c2ccc(C(F)(F)F)cn2)CC1. The number of pyridine rings is 1. The molecule has 1 aliphatic heterocycles. The van der Waals surface area contributed by atoms with Crippen LogP contribution in [-0.4, -0.2) is 43.9 Å². The molecule has 1 aromatic carbocycles. The van der Waals surface area contributed by atoms with Crippen LogP contribution in [0.5, 0.6) is 0 Å². The van der Waals surface area contributed by atoms with Crippen molar-refractivity contribution in [2.75, 3.05) is 31.1 Å². The summed E-state index contributed by atoms with van der Waals surface area (Å²) in [5.74, 6) is 0.185. The van der Waals surface area contributed by atoms with Crippen molar-refractivity contribution in [1.29, 1.82) is 0 Å². The van der Waals surface area contributed by atoms with Crippen molar-refractivity contribution in [2.45, 2.75) is 18.3 Å². The second-order valence-electron chi connectivity index (χ2n) is 6.65. The number of alkyl halides is 3. The number of hydrogen-bond donors (Lipinski definition) is 0. The van der Waals surface area contributed by atoms with Crippen molar-refractivity contribution in [3.63, 3.8) is 0 Å². The minimum absolute atomic E-state index is 0.206. The number of anilines is 1. The van der Waals surface area contributed by atoms with Crippen LogP contribution in [0.25, 0.3) is 0 Å². The fourth-order valence-corrected chi connectivity index (χ4v) is 4.94. The van der Waals surface area contributed by atoms with E-state index in [1.165, 1.54) is 16.4 Å². The van der Waals surface area contributed by atoms with Gasteiger partial charge in [-0.05, 0) is 36.2 Å². The maximum Gasteiger partial charge on any atom is 0.417 e. The summed E-state index contributed by atoms with van der Waals surface area (Å²) >= 11 is 11.8. The van der Waals surface area contributed by atoms with E-state index in [2.05, 4.69) is 4.98 Å². The van der Waals surface area contributed by atoms with E-state index >= 15 is 0 Å². The van der Waals surface area contributed by atoms with Crippen molar-refractivity contribution in [3.8, 4) is 0 Å². The van der Waals surface area contributed by atoms with Crippen molar-refractivity contribution in [3.05, 3.63) is 57.7 Å². The average Bonchev–Trinajstić information content (AvgIpc) is 2.91. The molecule has 3 rings (SSSR count). The summed E-state index contributed by atoms with van der Waals surface area (Å²) in [6.45, 7) is 1.36. The Morgan fingerprint density at radius 1 is 1.00 bits per heavy atom. The highest BCUT2D eigenvalue weighted by Gasteiger charge is 2.31. The van der Waals surface area contributed by atoms with E-state index in [1.807, 2.05) is 0 Å².